The third-order valence-electron chi connectivity index (χ3n) is 4.05. The van der Waals surface area contributed by atoms with Crippen LogP contribution >= 0.6 is 11.6 Å². The van der Waals surface area contributed by atoms with Crippen molar-refractivity contribution in [2.45, 2.75) is 12.8 Å². The Morgan fingerprint density at radius 3 is 2.23 bits per heavy atom. The molecule has 0 aromatic heterocycles. The Labute approximate surface area is 134 Å². The number of piperazine rings is 1. The minimum absolute atomic E-state index is 0.0121. The van der Waals surface area contributed by atoms with E-state index in [-0.39, 0.29) is 24.3 Å². The fourth-order valence-electron chi connectivity index (χ4n) is 2.53. The number of nitrogens with zero attached hydrogens (tertiary/aromatic N) is 2. The fourth-order valence-corrected chi connectivity index (χ4v) is 2.66. The number of hydrogen-bond donors (Lipinski definition) is 0. The van der Waals surface area contributed by atoms with Crippen molar-refractivity contribution in [2.24, 2.45) is 5.92 Å². The first-order chi connectivity index (χ1) is 10.6. The van der Waals surface area contributed by atoms with Crippen molar-refractivity contribution < 1.29 is 14.3 Å². The largest absolute Gasteiger partial charge is 0.484 e. The molecule has 0 atom stereocenters. The maximum absolute atomic E-state index is 12.1. The molecule has 0 spiro atoms. The molecule has 22 heavy (non-hydrogen) atoms. The molecule has 2 aliphatic rings. The lowest BCUT2D eigenvalue weighted by atomic mass is 10.2. The van der Waals surface area contributed by atoms with Crippen molar-refractivity contribution in [3.05, 3.63) is 29.3 Å². The summed E-state index contributed by atoms with van der Waals surface area (Å²) in [5, 5.41) is 0.634. The van der Waals surface area contributed by atoms with Gasteiger partial charge >= 0.3 is 0 Å². The molecule has 2 amide bonds. The highest BCUT2D eigenvalue weighted by atomic mass is 35.5. The van der Waals surface area contributed by atoms with Crippen LogP contribution in [0.1, 0.15) is 12.8 Å². The van der Waals surface area contributed by atoms with Gasteiger partial charge in [-0.2, -0.15) is 0 Å². The first-order valence-electron chi connectivity index (χ1n) is 7.58. The predicted molar refractivity (Wildman–Crippen MR) is 82.8 cm³/mol. The summed E-state index contributed by atoms with van der Waals surface area (Å²) in [5.74, 6) is 1.08. The molecule has 1 aromatic rings. The number of rotatable bonds is 4. The molecule has 118 valence electrons. The Morgan fingerprint density at radius 2 is 1.64 bits per heavy atom. The summed E-state index contributed by atoms with van der Waals surface area (Å²) in [5.41, 5.74) is 0. The van der Waals surface area contributed by atoms with Crippen LogP contribution in [-0.4, -0.2) is 54.4 Å². The Hall–Kier alpha value is -1.75. The van der Waals surface area contributed by atoms with Gasteiger partial charge in [-0.1, -0.05) is 11.6 Å². The lowest BCUT2D eigenvalue weighted by Crippen LogP contribution is -2.52. The van der Waals surface area contributed by atoms with E-state index in [4.69, 9.17) is 16.3 Å². The summed E-state index contributed by atoms with van der Waals surface area (Å²) in [7, 11) is 0. The molecule has 2 fully saturated rings. The van der Waals surface area contributed by atoms with Crippen molar-refractivity contribution >= 4 is 23.4 Å². The summed E-state index contributed by atoms with van der Waals surface area (Å²) in [6.45, 7) is 2.44. The molecule has 1 aromatic carbocycles. The van der Waals surface area contributed by atoms with Crippen molar-refractivity contribution in [1.82, 2.24) is 9.80 Å². The topological polar surface area (TPSA) is 49.9 Å². The van der Waals surface area contributed by atoms with E-state index in [1.54, 1.807) is 29.2 Å². The van der Waals surface area contributed by atoms with Gasteiger partial charge in [-0.15, -0.1) is 0 Å². The molecule has 5 nitrogen and oxygen atoms in total. The molecule has 1 saturated heterocycles. The van der Waals surface area contributed by atoms with Gasteiger partial charge in [0.1, 0.15) is 5.75 Å². The Balaban J connectivity index is 1.43. The first-order valence-corrected chi connectivity index (χ1v) is 7.96. The van der Waals surface area contributed by atoms with Gasteiger partial charge in [-0.25, -0.2) is 0 Å². The predicted octanol–water partition coefficient (Wildman–Crippen LogP) is 1.80. The van der Waals surface area contributed by atoms with Crippen molar-refractivity contribution in [1.29, 1.82) is 0 Å². The molecule has 0 N–H and O–H groups in total. The van der Waals surface area contributed by atoms with E-state index in [9.17, 15) is 9.59 Å². The lowest BCUT2D eigenvalue weighted by Gasteiger charge is -2.34. The molecule has 0 unspecified atom stereocenters. The standard InChI is InChI=1S/C16H19ClN2O3/c17-13-3-5-14(6-4-13)22-11-15(20)18-7-9-19(10-8-18)16(21)12-1-2-12/h3-6,12H,1-2,7-11H2. The molecule has 1 heterocycles. The van der Waals surface area contributed by atoms with E-state index >= 15 is 0 Å². The van der Waals surface area contributed by atoms with Gasteiger partial charge in [0.15, 0.2) is 6.61 Å². The highest BCUT2D eigenvalue weighted by Gasteiger charge is 2.35. The first kappa shape index (κ1) is 15.2. The molecule has 3 rings (SSSR count). The van der Waals surface area contributed by atoms with Gasteiger partial charge in [0.05, 0.1) is 0 Å². The van der Waals surface area contributed by atoms with Crippen LogP contribution in [0.3, 0.4) is 0 Å². The lowest BCUT2D eigenvalue weighted by molar-refractivity contribution is -0.141. The summed E-state index contributed by atoms with van der Waals surface area (Å²) in [6.07, 6.45) is 2.04. The maximum atomic E-state index is 12.1. The van der Waals surface area contributed by atoms with E-state index in [2.05, 4.69) is 0 Å². The number of carbonyl (C=O) groups excluding carboxylic acids is 2. The average Bonchev–Trinajstić information content (AvgIpc) is 3.38. The SMILES string of the molecule is O=C(COc1ccc(Cl)cc1)N1CCN(C(=O)C2CC2)CC1. The van der Waals surface area contributed by atoms with Gasteiger partial charge in [0, 0.05) is 37.1 Å². The zero-order chi connectivity index (χ0) is 15.5. The maximum Gasteiger partial charge on any atom is 0.260 e. The molecule has 1 saturated carbocycles. The van der Waals surface area contributed by atoms with Crippen LogP contribution in [0.5, 0.6) is 5.75 Å². The molecule has 0 radical (unpaired) electrons. The Kier molecular flexibility index (Phi) is 4.52. The monoisotopic (exact) mass is 322 g/mol. The number of hydrogen-bond acceptors (Lipinski definition) is 3. The summed E-state index contributed by atoms with van der Waals surface area (Å²) < 4.78 is 5.47. The third-order valence-corrected chi connectivity index (χ3v) is 4.30. The second kappa shape index (κ2) is 6.57. The Morgan fingerprint density at radius 1 is 1.05 bits per heavy atom. The van der Waals surface area contributed by atoms with Gasteiger partial charge in [0.25, 0.3) is 5.91 Å². The van der Waals surface area contributed by atoms with Crippen LogP contribution in [0.4, 0.5) is 0 Å². The van der Waals surface area contributed by atoms with Crippen LogP contribution in [-0.2, 0) is 9.59 Å². The highest BCUT2D eigenvalue weighted by Crippen LogP contribution is 2.31. The minimum Gasteiger partial charge on any atom is -0.484 e. The number of ether oxygens (including phenoxy) is 1. The summed E-state index contributed by atoms with van der Waals surface area (Å²) >= 11 is 5.80. The van der Waals surface area contributed by atoms with Crippen molar-refractivity contribution in [3.63, 3.8) is 0 Å². The van der Waals surface area contributed by atoms with Crippen molar-refractivity contribution in [3.8, 4) is 5.75 Å². The van der Waals surface area contributed by atoms with E-state index in [0.29, 0.717) is 37.0 Å². The quantitative estimate of drug-likeness (QED) is 0.849. The zero-order valence-electron chi connectivity index (χ0n) is 12.3. The minimum atomic E-state index is -0.0477. The van der Waals surface area contributed by atoms with Gasteiger partial charge < -0.3 is 14.5 Å². The molecule has 1 aliphatic carbocycles. The average molecular weight is 323 g/mol. The van der Waals surface area contributed by atoms with Crippen molar-refractivity contribution in [2.75, 3.05) is 32.8 Å². The third kappa shape index (κ3) is 3.71. The fraction of sp³-hybridized carbons (Fsp3) is 0.500. The molecular weight excluding hydrogens is 304 g/mol. The van der Waals surface area contributed by atoms with Crippen LogP contribution in [0.2, 0.25) is 5.02 Å². The van der Waals surface area contributed by atoms with E-state index in [0.717, 1.165) is 12.8 Å². The molecular formula is C16H19ClN2O3. The van der Waals surface area contributed by atoms with Crippen LogP contribution in [0.25, 0.3) is 0 Å². The van der Waals surface area contributed by atoms with E-state index in [1.165, 1.54) is 0 Å². The van der Waals surface area contributed by atoms with Gasteiger partial charge in [-0.05, 0) is 37.1 Å². The smallest absolute Gasteiger partial charge is 0.260 e. The Bertz CT molecular complexity index is 549. The number of halogens is 1. The van der Waals surface area contributed by atoms with Crippen LogP contribution in [0, 0.1) is 5.92 Å². The van der Waals surface area contributed by atoms with E-state index in [1.807, 2.05) is 4.90 Å². The van der Waals surface area contributed by atoms with E-state index < -0.39 is 0 Å². The molecule has 6 heteroatoms. The zero-order valence-corrected chi connectivity index (χ0v) is 13.1. The second-order valence-electron chi connectivity index (χ2n) is 5.72. The number of amides is 2. The van der Waals surface area contributed by atoms with Crippen LogP contribution in [0.15, 0.2) is 24.3 Å². The number of carbonyl (C=O) groups is 2. The molecule has 1 aliphatic heterocycles. The summed E-state index contributed by atoms with van der Waals surface area (Å²) in [4.78, 5) is 27.7. The normalized spacial score (nSPS) is 18.2. The van der Waals surface area contributed by atoms with Gasteiger partial charge in [0.2, 0.25) is 5.91 Å². The molecule has 0 bridgehead atoms. The summed E-state index contributed by atoms with van der Waals surface area (Å²) in [6, 6.07) is 6.93. The number of benzene rings is 1. The highest BCUT2D eigenvalue weighted by molar-refractivity contribution is 6.30. The second-order valence-corrected chi connectivity index (χ2v) is 6.16. The van der Waals surface area contributed by atoms with Crippen LogP contribution < -0.4 is 4.74 Å². The van der Waals surface area contributed by atoms with Gasteiger partial charge in [-0.3, -0.25) is 9.59 Å².